The van der Waals surface area contributed by atoms with Crippen LogP contribution in [0.2, 0.25) is 5.02 Å². The highest BCUT2D eigenvalue weighted by molar-refractivity contribution is 7.92. The summed E-state index contributed by atoms with van der Waals surface area (Å²) < 4.78 is 27.7. The Bertz CT molecular complexity index is 1040. The molecule has 7 heteroatoms. The van der Waals surface area contributed by atoms with Crippen LogP contribution >= 0.6 is 11.6 Å². The Kier molecular flexibility index (Phi) is 6.99. The van der Waals surface area contributed by atoms with E-state index in [0.717, 1.165) is 47.7 Å². The van der Waals surface area contributed by atoms with Gasteiger partial charge in [-0.15, -0.1) is 0 Å². The number of rotatable bonds is 8. The van der Waals surface area contributed by atoms with Crippen LogP contribution in [0.3, 0.4) is 0 Å². The zero-order valence-electron chi connectivity index (χ0n) is 17.6. The second kappa shape index (κ2) is 8.70. The average molecular weight is 424 g/mol. The first-order valence-corrected chi connectivity index (χ1v) is 11.8. The first-order valence-electron chi connectivity index (χ1n) is 9.53. The highest BCUT2D eigenvalue weighted by Gasteiger charge is 2.24. The Balaban J connectivity index is 2.84. The highest BCUT2D eigenvalue weighted by Crippen LogP contribution is 2.42. The number of aromatic nitrogens is 2. The minimum atomic E-state index is -3.48. The first kappa shape index (κ1) is 22.5. The number of nitrogens with zero attached hydrogens (tertiary/aromatic N) is 2. The van der Waals surface area contributed by atoms with Gasteiger partial charge < -0.3 is 0 Å². The second-order valence-electron chi connectivity index (χ2n) is 7.31. The van der Waals surface area contributed by atoms with Crippen molar-refractivity contribution in [3.05, 3.63) is 40.4 Å². The van der Waals surface area contributed by atoms with Crippen LogP contribution < -0.4 is 4.72 Å². The summed E-state index contributed by atoms with van der Waals surface area (Å²) in [5.41, 5.74) is 5.13. The summed E-state index contributed by atoms with van der Waals surface area (Å²) in [7, 11) is -1.68. The first-order chi connectivity index (χ1) is 13.0. The van der Waals surface area contributed by atoms with Gasteiger partial charge in [-0.1, -0.05) is 57.0 Å². The maximum Gasteiger partial charge on any atom is 0.231 e. The summed E-state index contributed by atoms with van der Waals surface area (Å²) >= 11 is 6.65. The van der Waals surface area contributed by atoms with E-state index in [2.05, 4.69) is 50.2 Å². The number of aryl methyl sites for hydroxylation is 1. The molecular formula is C21H30ClN3O2S. The van der Waals surface area contributed by atoms with E-state index in [0.29, 0.717) is 10.4 Å². The van der Waals surface area contributed by atoms with Crippen molar-refractivity contribution in [2.45, 2.75) is 52.9 Å². The summed E-state index contributed by atoms with van der Waals surface area (Å²) in [4.78, 5) is 0. The predicted octanol–water partition coefficient (Wildman–Crippen LogP) is 5.87. The molecular weight excluding hydrogens is 394 g/mol. The van der Waals surface area contributed by atoms with Crippen molar-refractivity contribution < 1.29 is 8.42 Å². The Hall–Kier alpha value is -1.79. The van der Waals surface area contributed by atoms with E-state index in [1.165, 1.54) is 5.57 Å². The Morgan fingerprint density at radius 3 is 2.61 bits per heavy atom. The van der Waals surface area contributed by atoms with Crippen LogP contribution in [0.15, 0.2) is 24.3 Å². The van der Waals surface area contributed by atoms with Crippen molar-refractivity contribution in [2.75, 3.05) is 11.0 Å². The van der Waals surface area contributed by atoms with Crippen LogP contribution in [0.1, 0.15) is 64.0 Å². The van der Waals surface area contributed by atoms with Gasteiger partial charge in [0.05, 0.1) is 22.2 Å². The van der Waals surface area contributed by atoms with Gasteiger partial charge in [-0.2, -0.15) is 5.10 Å². The fourth-order valence-electron chi connectivity index (χ4n) is 3.39. The topological polar surface area (TPSA) is 64.0 Å². The molecule has 1 unspecified atom stereocenters. The summed E-state index contributed by atoms with van der Waals surface area (Å²) in [6, 6.07) is 1.93. The van der Waals surface area contributed by atoms with E-state index < -0.39 is 10.0 Å². The molecule has 2 rings (SSSR count). The number of benzene rings is 1. The minimum absolute atomic E-state index is 0.160. The van der Waals surface area contributed by atoms with E-state index in [1.54, 1.807) is 11.7 Å². The number of anilines is 1. The lowest BCUT2D eigenvalue weighted by atomic mass is 9.85. The molecule has 0 bridgehead atoms. The van der Waals surface area contributed by atoms with Crippen LogP contribution in [0, 0.1) is 0 Å². The van der Waals surface area contributed by atoms with Crippen molar-refractivity contribution in [2.24, 2.45) is 7.05 Å². The standard InChI is InChI=1S/C21H30ClN3O2S/c1-8-10-11-14(4)15(5)16-12-17(22)19-20(18(16)13(3)9-2)25(6)23-21(19)24-28(7,26)27/h11-12,15H,3,8-10H2,1-2,4-7H3,(H,23,24). The molecule has 1 heterocycles. The molecule has 28 heavy (non-hydrogen) atoms. The zero-order valence-corrected chi connectivity index (χ0v) is 19.1. The maximum atomic E-state index is 11.8. The molecule has 1 aromatic carbocycles. The monoisotopic (exact) mass is 423 g/mol. The summed E-state index contributed by atoms with van der Waals surface area (Å²) in [6.45, 7) is 12.8. The fraction of sp³-hybridized carbons (Fsp3) is 0.476. The number of halogens is 1. The van der Waals surface area contributed by atoms with Crippen molar-refractivity contribution >= 4 is 43.9 Å². The SMILES string of the molecule is C=C(CC)c1c(C(C)C(C)=CCCC)cc(Cl)c2c(NS(C)(=O)=O)nn(C)c12. The van der Waals surface area contributed by atoms with Crippen LogP contribution in [-0.2, 0) is 17.1 Å². The van der Waals surface area contributed by atoms with Gasteiger partial charge in [0.2, 0.25) is 10.0 Å². The average Bonchev–Trinajstić information content (AvgIpc) is 2.93. The zero-order chi connectivity index (χ0) is 21.2. The third-order valence-corrected chi connectivity index (χ3v) is 5.92. The van der Waals surface area contributed by atoms with Gasteiger partial charge >= 0.3 is 0 Å². The highest BCUT2D eigenvalue weighted by atomic mass is 35.5. The molecule has 0 amide bonds. The molecule has 0 aliphatic carbocycles. The molecule has 1 atom stereocenters. The molecule has 5 nitrogen and oxygen atoms in total. The van der Waals surface area contributed by atoms with E-state index in [9.17, 15) is 8.42 Å². The molecule has 1 N–H and O–H groups in total. The fourth-order valence-corrected chi connectivity index (χ4v) is 4.18. The molecule has 2 aromatic rings. The van der Waals surface area contributed by atoms with Gasteiger partial charge in [0.1, 0.15) is 0 Å². The van der Waals surface area contributed by atoms with Crippen LogP contribution in [0.25, 0.3) is 16.5 Å². The van der Waals surface area contributed by atoms with Gasteiger partial charge in [0, 0.05) is 18.5 Å². The van der Waals surface area contributed by atoms with Crippen LogP contribution in [-0.4, -0.2) is 24.5 Å². The van der Waals surface area contributed by atoms with Crippen molar-refractivity contribution in [3.8, 4) is 0 Å². The van der Waals surface area contributed by atoms with Gasteiger partial charge in [-0.05, 0) is 37.0 Å². The van der Waals surface area contributed by atoms with E-state index in [-0.39, 0.29) is 11.7 Å². The molecule has 0 spiro atoms. The van der Waals surface area contributed by atoms with Gasteiger partial charge in [0.25, 0.3) is 0 Å². The normalized spacial score (nSPS) is 13.8. The Labute approximate surface area is 173 Å². The largest absolute Gasteiger partial charge is 0.266 e. The number of allylic oxidation sites excluding steroid dienone is 3. The number of hydrogen-bond acceptors (Lipinski definition) is 3. The lowest BCUT2D eigenvalue weighted by Gasteiger charge is -2.21. The molecule has 0 saturated carbocycles. The molecule has 0 fully saturated rings. The summed E-state index contributed by atoms with van der Waals surface area (Å²) in [5, 5.41) is 5.48. The lowest BCUT2D eigenvalue weighted by Crippen LogP contribution is -2.10. The Morgan fingerprint density at radius 2 is 2.07 bits per heavy atom. The van der Waals surface area contributed by atoms with Crippen molar-refractivity contribution in [1.82, 2.24) is 9.78 Å². The molecule has 0 saturated heterocycles. The van der Waals surface area contributed by atoms with E-state index in [4.69, 9.17) is 11.6 Å². The van der Waals surface area contributed by atoms with Crippen molar-refractivity contribution in [3.63, 3.8) is 0 Å². The quantitative estimate of drug-likeness (QED) is 0.540. The van der Waals surface area contributed by atoms with E-state index in [1.807, 2.05) is 6.07 Å². The smallest absolute Gasteiger partial charge is 0.231 e. The number of hydrogen-bond donors (Lipinski definition) is 1. The summed E-state index contributed by atoms with van der Waals surface area (Å²) in [6.07, 6.45) is 6.27. The third kappa shape index (κ3) is 4.61. The summed E-state index contributed by atoms with van der Waals surface area (Å²) in [5.74, 6) is 0.403. The van der Waals surface area contributed by atoms with Crippen LogP contribution in [0.5, 0.6) is 0 Å². The van der Waals surface area contributed by atoms with Crippen molar-refractivity contribution in [1.29, 1.82) is 0 Å². The Morgan fingerprint density at radius 1 is 1.43 bits per heavy atom. The van der Waals surface area contributed by atoms with Gasteiger partial charge in [-0.3, -0.25) is 9.40 Å². The number of fused-ring (bicyclic) bond motifs is 1. The molecule has 0 aliphatic rings. The second-order valence-corrected chi connectivity index (χ2v) is 9.46. The van der Waals surface area contributed by atoms with E-state index >= 15 is 0 Å². The van der Waals surface area contributed by atoms with Gasteiger partial charge in [0.15, 0.2) is 5.82 Å². The molecule has 0 radical (unpaired) electrons. The predicted molar refractivity (Wildman–Crippen MR) is 121 cm³/mol. The molecule has 0 aliphatic heterocycles. The molecule has 154 valence electrons. The van der Waals surface area contributed by atoms with Gasteiger partial charge in [-0.25, -0.2) is 8.42 Å². The lowest BCUT2D eigenvalue weighted by molar-refractivity contribution is 0.606. The maximum absolute atomic E-state index is 11.8. The number of sulfonamides is 1. The number of nitrogens with one attached hydrogen (secondary N) is 1. The third-order valence-electron chi connectivity index (χ3n) is 5.06. The number of unbranched alkanes of at least 4 members (excludes halogenated alkanes) is 1. The molecule has 1 aromatic heterocycles. The van der Waals surface area contributed by atoms with Crippen LogP contribution in [0.4, 0.5) is 5.82 Å². The minimum Gasteiger partial charge on any atom is -0.266 e.